The second-order valence-electron chi connectivity index (χ2n) is 7.71. The molecule has 174 valence electrons. The Morgan fingerprint density at radius 2 is 1.88 bits per heavy atom. The molecule has 3 rings (SSSR count). The summed E-state index contributed by atoms with van der Waals surface area (Å²) in [4.78, 5) is 16.5. The summed E-state index contributed by atoms with van der Waals surface area (Å²) in [6, 6.07) is 13.3. The van der Waals surface area contributed by atoms with Gasteiger partial charge in [-0.05, 0) is 55.5 Å². The molecule has 2 aromatic rings. The van der Waals surface area contributed by atoms with Gasteiger partial charge in [0, 0.05) is 37.8 Å². The third-order valence-corrected chi connectivity index (χ3v) is 5.10. The van der Waals surface area contributed by atoms with Crippen LogP contribution in [-0.4, -0.2) is 45.7 Å². The second kappa shape index (κ2) is 13.1. The van der Waals surface area contributed by atoms with Crippen molar-refractivity contribution in [2.45, 2.75) is 26.3 Å². The number of aliphatic imine (C=N–C) groups is 1. The number of nitrogens with zero attached hydrogens (tertiary/aromatic N) is 1. The lowest BCUT2D eigenvalue weighted by Crippen LogP contribution is -2.41. The number of benzene rings is 2. The number of carbonyl (C=O) groups is 1. The predicted octanol–water partition coefficient (Wildman–Crippen LogP) is 3.51. The van der Waals surface area contributed by atoms with Crippen molar-refractivity contribution in [3.05, 3.63) is 59.2 Å². The maximum Gasteiger partial charge on any atom is 0.251 e. The molecular formula is C24H33IN4O3. The average Bonchev–Trinajstić information content (AvgIpc) is 3.62. The van der Waals surface area contributed by atoms with Gasteiger partial charge in [0.2, 0.25) is 0 Å². The molecule has 1 fully saturated rings. The Morgan fingerprint density at radius 3 is 2.59 bits per heavy atom. The van der Waals surface area contributed by atoms with Crippen molar-refractivity contribution in [3.63, 3.8) is 0 Å². The molecule has 3 N–H and O–H groups in total. The molecule has 1 amide bonds. The summed E-state index contributed by atoms with van der Waals surface area (Å²) in [6.45, 7) is 4.49. The number of carbonyl (C=O) groups excluding carboxylic acids is 1. The topological polar surface area (TPSA) is 84.0 Å². The van der Waals surface area contributed by atoms with E-state index in [0.717, 1.165) is 17.9 Å². The fourth-order valence-corrected chi connectivity index (χ4v) is 3.06. The Bertz CT molecular complexity index is 916. The number of amides is 1. The van der Waals surface area contributed by atoms with Gasteiger partial charge < -0.3 is 25.4 Å². The Morgan fingerprint density at radius 1 is 1.09 bits per heavy atom. The van der Waals surface area contributed by atoms with E-state index in [-0.39, 0.29) is 29.9 Å². The number of hydrogen-bond donors (Lipinski definition) is 3. The first-order valence-electron chi connectivity index (χ1n) is 10.7. The summed E-state index contributed by atoms with van der Waals surface area (Å²) in [7, 11) is 3.31. The van der Waals surface area contributed by atoms with Crippen LogP contribution in [0.2, 0.25) is 0 Å². The van der Waals surface area contributed by atoms with Crippen LogP contribution in [0.4, 0.5) is 0 Å². The van der Waals surface area contributed by atoms with Crippen LogP contribution in [0.25, 0.3) is 0 Å². The Balaban J connectivity index is 0.00000363. The third-order valence-electron chi connectivity index (χ3n) is 5.10. The monoisotopic (exact) mass is 552 g/mol. The summed E-state index contributed by atoms with van der Waals surface area (Å²) in [6.07, 6.45) is 2.54. The summed E-state index contributed by atoms with van der Waals surface area (Å²) in [5, 5.41) is 9.42. The van der Waals surface area contributed by atoms with Gasteiger partial charge in [0.05, 0.1) is 13.7 Å². The van der Waals surface area contributed by atoms with Gasteiger partial charge in [-0.25, -0.2) is 0 Å². The third kappa shape index (κ3) is 8.22. The number of methoxy groups -OCH3 is 1. The number of halogens is 1. The van der Waals surface area contributed by atoms with Crippen molar-refractivity contribution in [2.24, 2.45) is 10.9 Å². The first-order valence-corrected chi connectivity index (χ1v) is 10.7. The van der Waals surface area contributed by atoms with Crippen molar-refractivity contribution < 1.29 is 14.3 Å². The SMILES string of the molecule is CN=C(NCCNC(=O)c1cccc(OC)c1)NCc1ccc(C)cc1OCC1CC1.I. The molecule has 0 bridgehead atoms. The van der Waals surface area contributed by atoms with E-state index < -0.39 is 0 Å². The van der Waals surface area contributed by atoms with Crippen LogP contribution in [0.5, 0.6) is 11.5 Å². The minimum Gasteiger partial charge on any atom is -0.497 e. The molecule has 0 aromatic heterocycles. The molecule has 0 aliphatic heterocycles. The van der Waals surface area contributed by atoms with Crippen LogP contribution in [-0.2, 0) is 6.54 Å². The maximum absolute atomic E-state index is 12.3. The van der Waals surface area contributed by atoms with Crippen LogP contribution < -0.4 is 25.4 Å². The standard InChI is InChI=1S/C24H32N4O3.HI/c1-17-7-10-20(22(13-17)31-16-18-8-9-18)15-28-24(25-2)27-12-11-26-23(29)19-5-4-6-21(14-19)30-3;/h4-7,10,13-14,18H,8-9,11-12,15-16H2,1-3H3,(H,26,29)(H2,25,27,28);1H. The van der Waals surface area contributed by atoms with Crippen molar-refractivity contribution >= 4 is 35.8 Å². The molecule has 1 saturated carbocycles. The van der Waals surface area contributed by atoms with Gasteiger partial charge in [-0.15, -0.1) is 24.0 Å². The highest BCUT2D eigenvalue weighted by atomic mass is 127. The summed E-state index contributed by atoms with van der Waals surface area (Å²) >= 11 is 0. The molecule has 0 spiro atoms. The number of hydrogen-bond acceptors (Lipinski definition) is 4. The van der Waals surface area contributed by atoms with Gasteiger partial charge in [0.1, 0.15) is 11.5 Å². The first kappa shape index (κ1) is 25.8. The number of guanidine groups is 1. The van der Waals surface area contributed by atoms with Gasteiger partial charge in [-0.2, -0.15) is 0 Å². The van der Waals surface area contributed by atoms with E-state index >= 15 is 0 Å². The normalized spacial score (nSPS) is 13.0. The van der Waals surface area contributed by atoms with Crippen LogP contribution >= 0.6 is 24.0 Å². The van der Waals surface area contributed by atoms with Crippen molar-refractivity contribution in [3.8, 4) is 11.5 Å². The lowest BCUT2D eigenvalue weighted by Gasteiger charge is -2.15. The summed E-state index contributed by atoms with van der Waals surface area (Å²) < 4.78 is 11.2. The van der Waals surface area contributed by atoms with Gasteiger partial charge in [0.25, 0.3) is 5.91 Å². The van der Waals surface area contributed by atoms with E-state index in [2.05, 4.69) is 46.1 Å². The van der Waals surface area contributed by atoms with Crippen molar-refractivity contribution in [1.82, 2.24) is 16.0 Å². The Hall–Kier alpha value is -2.49. The summed E-state index contributed by atoms with van der Waals surface area (Å²) in [5.41, 5.74) is 2.85. The van der Waals surface area contributed by atoms with Gasteiger partial charge >= 0.3 is 0 Å². The van der Waals surface area contributed by atoms with E-state index in [1.165, 1.54) is 18.4 Å². The number of aryl methyl sites for hydroxylation is 1. The van der Waals surface area contributed by atoms with Crippen LogP contribution in [0.3, 0.4) is 0 Å². The van der Waals surface area contributed by atoms with Crippen LogP contribution in [0, 0.1) is 12.8 Å². The zero-order valence-corrected chi connectivity index (χ0v) is 21.3. The Kier molecular flexibility index (Phi) is 10.6. The molecular weight excluding hydrogens is 519 g/mol. The number of nitrogens with one attached hydrogen (secondary N) is 3. The molecule has 0 unspecified atom stereocenters. The minimum absolute atomic E-state index is 0. The average molecular weight is 552 g/mol. The molecule has 8 heteroatoms. The molecule has 0 saturated heterocycles. The fraction of sp³-hybridized carbons (Fsp3) is 0.417. The quantitative estimate of drug-likeness (QED) is 0.182. The van der Waals surface area contributed by atoms with Gasteiger partial charge in [-0.1, -0.05) is 18.2 Å². The van der Waals surface area contributed by atoms with Crippen molar-refractivity contribution in [2.75, 3.05) is 33.9 Å². The zero-order chi connectivity index (χ0) is 22.1. The highest BCUT2D eigenvalue weighted by Gasteiger charge is 2.22. The first-order chi connectivity index (χ1) is 15.1. The van der Waals surface area contributed by atoms with E-state index in [0.29, 0.717) is 42.8 Å². The van der Waals surface area contributed by atoms with Crippen molar-refractivity contribution in [1.29, 1.82) is 0 Å². The molecule has 0 atom stereocenters. The maximum atomic E-state index is 12.3. The van der Waals surface area contributed by atoms with Gasteiger partial charge in [0.15, 0.2) is 5.96 Å². The highest BCUT2D eigenvalue weighted by Crippen LogP contribution is 2.30. The molecule has 2 aromatic carbocycles. The fourth-order valence-electron chi connectivity index (χ4n) is 3.06. The summed E-state index contributed by atoms with van der Waals surface area (Å²) in [5.74, 6) is 2.83. The molecule has 1 aliphatic rings. The van der Waals surface area contributed by atoms with Crippen LogP contribution in [0.15, 0.2) is 47.5 Å². The molecule has 0 radical (unpaired) electrons. The molecule has 7 nitrogen and oxygen atoms in total. The van der Waals surface area contributed by atoms with E-state index in [4.69, 9.17) is 9.47 Å². The van der Waals surface area contributed by atoms with E-state index in [9.17, 15) is 4.79 Å². The number of ether oxygens (including phenoxy) is 2. The lowest BCUT2D eigenvalue weighted by atomic mass is 10.1. The number of rotatable bonds is 10. The van der Waals surface area contributed by atoms with E-state index in [1.807, 2.05) is 6.07 Å². The lowest BCUT2D eigenvalue weighted by molar-refractivity contribution is 0.0954. The molecule has 0 heterocycles. The predicted molar refractivity (Wildman–Crippen MR) is 138 cm³/mol. The van der Waals surface area contributed by atoms with Gasteiger partial charge in [-0.3, -0.25) is 9.79 Å². The van der Waals surface area contributed by atoms with E-state index in [1.54, 1.807) is 32.4 Å². The molecule has 32 heavy (non-hydrogen) atoms. The minimum atomic E-state index is -0.138. The highest BCUT2D eigenvalue weighted by molar-refractivity contribution is 14.0. The van der Waals surface area contributed by atoms with Crippen LogP contribution in [0.1, 0.15) is 34.3 Å². The largest absolute Gasteiger partial charge is 0.497 e. The molecule has 1 aliphatic carbocycles. The Labute approximate surface area is 207 Å². The zero-order valence-electron chi connectivity index (χ0n) is 18.9. The second-order valence-corrected chi connectivity index (χ2v) is 7.71. The smallest absolute Gasteiger partial charge is 0.251 e.